The predicted octanol–water partition coefficient (Wildman–Crippen LogP) is 4.67. The largest absolute Gasteiger partial charge is 0.372 e. The van der Waals surface area contributed by atoms with E-state index in [-0.39, 0.29) is 0 Å². The Hall–Kier alpha value is -1.80. The van der Waals surface area contributed by atoms with Crippen molar-refractivity contribution in [2.24, 2.45) is 5.92 Å². The third kappa shape index (κ3) is 4.11. The van der Waals surface area contributed by atoms with Crippen LogP contribution in [0.15, 0.2) is 54.6 Å². The Balaban J connectivity index is 1.64. The number of nitrogens with one attached hydrogen (secondary N) is 1. The summed E-state index contributed by atoms with van der Waals surface area (Å²) in [5.41, 5.74) is 3.89. The second kappa shape index (κ2) is 6.97. The number of anilines is 1. The smallest absolute Gasteiger partial charge is 0.0683 e. The summed E-state index contributed by atoms with van der Waals surface area (Å²) in [6.07, 6.45) is 2.77. The molecular weight excluding hydrogens is 268 g/mol. The highest BCUT2D eigenvalue weighted by Crippen LogP contribution is 2.35. The average molecular weight is 294 g/mol. The van der Waals surface area contributed by atoms with Gasteiger partial charge in [0, 0.05) is 18.3 Å². The van der Waals surface area contributed by atoms with Crippen molar-refractivity contribution in [3.8, 4) is 0 Å². The highest BCUT2D eigenvalue weighted by atomic mass is 15.2. The molecule has 3 rings (SSSR count). The van der Waals surface area contributed by atoms with Crippen LogP contribution in [-0.4, -0.2) is 17.6 Å². The third-order valence-electron chi connectivity index (χ3n) is 4.65. The van der Waals surface area contributed by atoms with Gasteiger partial charge in [-0.3, -0.25) is 4.90 Å². The fourth-order valence-electron chi connectivity index (χ4n) is 2.90. The van der Waals surface area contributed by atoms with Crippen molar-refractivity contribution in [3.05, 3.63) is 65.7 Å². The van der Waals surface area contributed by atoms with Gasteiger partial charge in [-0.2, -0.15) is 0 Å². The van der Waals surface area contributed by atoms with E-state index in [1.807, 2.05) is 0 Å². The van der Waals surface area contributed by atoms with Crippen molar-refractivity contribution >= 4 is 5.69 Å². The first-order chi connectivity index (χ1) is 10.7. The minimum atomic E-state index is 0.637. The summed E-state index contributed by atoms with van der Waals surface area (Å²) < 4.78 is 0. The second-order valence-electron chi connectivity index (χ2n) is 6.51. The van der Waals surface area contributed by atoms with E-state index in [0.717, 1.165) is 19.1 Å². The van der Waals surface area contributed by atoms with Crippen LogP contribution in [0.5, 0.6) is 0 Å². The number of hydrogen-bond donors (Lipinski definition) is 1. The van der Waals surface area contributed by atoms with Gasteiger partial charge in [0.05, 0.1) is 6.67 Å². The minimum absolute atomic E-state index is 0.637. The molecule has 0 aromatic heterocycles. The summed E-state index contributed by atoms with van der Waals surface area (Å²) in [5.74, 6) is 0.878. The van der Waals surface area contributed by atoms with E-state index >= 15 is 0 Å². The van der Waals surface area contributed by atoms with Gasteiger partial charge in [0.15, 0.2) is 0 Å². The van der Waals surface area contributed by atoms with Gasteiger partial charge in [-0.25, -0.2) is 0 Å². The molecule has 116 valence electrons. The normalized spacial score (nSPS) is 15.8. The van der Waals surface area contributed by atoms with Crippen LogP contribution >= 0.6 is 0 Å². The maximum absolute atomic E-state index is 3.58. The van der Waals surface area contributed by atoms with Crippen LogP contribution in [0.4, 0.5) is 5.69 Å². The molecule has 0 heterocycles. The van der Waals surface area contributed by atoms with Crippen LogP contribution in [-0.2, 0) is 6.54 Å². The summed E-state index contributed by atoms with van der Waals surface area (Å²) in [6, 6.07) is 20.1. The van der Waals surface area contributed by atoms with E-state index in [9.17, 15) is 0 Å². The zero-order valence-electron chi connectivity index (χ0n) is 13.6. The van der Waals surface area contributed by atoms with Crippen LogP contribution in [0.3, 0.4) is 0 Å². The predicted molar refractivity (Wildman–Crippen MR) is 93.8 cm³/mol. The van der Waals surface area contributed by atoms with Gasteiger partial charge in [0.25, 0.3) is 0 Å². The zero-order valence-corrected chi connectivity index (χ0v) is 13.6. The zero-order chi connectivity index (χ0) is 15.4. The number of aryl methyl sites for hydroxylation is 1. The lowest BCUT2D eigenvalue weighted by Gasteiger charge is -2.30. The molecule has 0 unspecified atom stereocenters. The molecule has 0 radical (unpaired) electrons. The Morgan fingerprint density at radius 1 is 1.05 bits per heavy atom. The molecule has 1 aliphatic carbocycles. The fourth-order valence-corrected chi connectivity index (χ4v) is 2.90. The first-order valence-corrected chi connectivity index (χ1v) is 8.31. The number of rotatable bonds is 7. The van der Waals surface area contributed by atoms with Gasteiger partial charge >= 0.3 is 0 Å². The van der Waals surface area contributed by atoms with Crippen molar-refractivity contribution in [3.63, 3.8) is 0 Å². The molecule has 0 saturated heterocycles. The van der Waals surface area contributed by atoms with Crippen molar-refractivity contribution in [1.29, 1.82) is 0 Å². The summed E-state index contributed by atoms with van der Waals surface area (Å²) in [5, 5.41) is 3.58. The van der Waals surface area contributed by atoms with E-state index in [1.54, 1.807) is 0 Å². The molecule has 0 amide bonds. The molecule has 1 fully saturated rings. The highest BCUT2D eigenvalue weighted by Gasteiger charge is 2.31. The number of hydrogen-bond acceptors (Lipinski definition) is 2. The lowest BCUT2D eigenvalue weighted by atomic mass is 10.1. The van der Waals surface area contributed by atoms with Crippen LogP contribution in [0.2, 0.25) is 0 Å². The monoisotopic (exact) mass is 294 g/mol. The summed E-state index contributed by atoms with van der Waals surface area (Å²) in [6.45, 7) is 6.41. The van der Waals surface area contributed by atoms with Gasteiger partial charge in [0.2, 0.25) is 0 Å². The highest BCUT2D eigenvalue weighted by molar-refractivity contribution is 5.44. The lowest BCUT2D eigenvalue weighted by Crippen LogP contribution is -2.38. The van der Waals surface area contributed by atoms with E-state index < -0.39 is 0 Å². The molecule has 0 aliphatic heterocycles. The van der Waals surface area contributed by atoms with Gasteiger partial charge in [-0.15, -0.1) is 0 Å². The molecule has 1 aliphatic rings. The summed E-state index contributed by atoms with van der Waals surface area (Å²) >= 11 is 0. The first kappa shape index (κ1) is 15.1. The molecule has 1 atom stereocenters. The molecule has 2 aromatic rings. The van der Waals surface area contributed by atoms with Gasteiger partial charge in [-0.05, 0) is 50.3 Å². The molecular formula is C20H26N2. The summed E-state index contributed by atoms with van der Waals surface area (Å²) in [4.78, 5) is 2.56. The number of nitrogens with zero attached hydrogens (tertiary/aromatic N) is 1. The van der Waals surface area contributed by atoms with Crippen molar-refractivity contribution in [2.75, 3.05) is 12.0 Å². The maximum Gasteiger partial charge on any atom is 0.0683 e. The van der Waals surface area contributed by atoms with Gasteiger partial charge < -0.3 is 5.32 Å². The fraction of sp³-hybridized carbons (Fsp3) is 0.400. The van der Waals surface area contributed by atoms with Gasteiger partial charge in [-0.1, -0.05) is 48.0 Å². The average Bonchev–Trinajstić information content (AvgIpc) is 3.38. The van der Waals surface area contributed by atoms with Gasteiger partial charge in [0.1, 0.15) is 0 Å². The van der Waals surface area contributed by atoms with Crippen LogP contribution in [0.1, 0.15) is 30.9 Å². The second-order valence-corrected chi connectivity index (χ2v) is 6.51. The molecule has 22 heavy (non-hydrogen) atoms. The lowest BCUT2D eigenvalue weighted by molar-refractivity contribution is 0.194. The Bertz CT molecular complexity index is 572. The maximum atomic E-state index is 3.58. The standard InChI is InChI=1S/C20H26N2/c1-16-8-12-20(13-9-16)21-15-22(17(2)19-10-11-19)14-18-6-4-3-5-7-18/h3-9,12-13,17,19,21H,10-11,14-15H2,1-2H3/t17-/m1/s1. The van der Waals surface area contributed by atoms with Crippen molar-refractivity contribution in [2.45, 2.75) is 39.3 Å². The molecule has 0 spiro atoms. The molecule has 1 saturated carbocycles. The number of benzene rings is 2. The first-order valence-electron chi connectivity index (χ1n) is 8.31. The summed E-state index contributed by atoms with van der Waals surface area (Å²) in [7, 11) is 0. The Morgan fingerprint density at radius 2 is 1.73 bits per heavy atom. The molecule has 2 heteroatoms. The molecule has 2 aromatic carbocycles. The van der Waals surface area contributed by atoms with Crippen LogP contribution in [0.25, 0.3) is 0 Å². The van der Waals surface area contributed by atoms with Crippen LogP contribution in [0, 0.1) is 12.8 Å². The van der Waals surface area contributed by atoms with Crippen LogP contribution < -0.4 is 5.32 Å². The molecule has 0 bridgehead atoms. The van der Waals surface area contributed by atoms with Crippen molar-refractivity contribution < 1.29 is 0 Å². The van der Waals surface area contributed by atoms with E-state index in [1.165, 1.54) is 29.7 Å². The quantitative estimate of drug-likeness (QED) is 0.747. The molecule has 1 N–H and O–H groups in total. The third-order valence-corrected chi connectivity index (χ3v) is 4.65. The topological polar surface area (TPSA) is 15.3 Å². The SMILES string of the molecule is Cc1ccc(NCN(Cc2ccccc2)[C@H](C)C2CC2)cc1. The minimum Gasteiger partial charge on any atom is -0.372 e. The van der Waals surface area contributed by atoms with E-state index in [0.29, 0.717) is 6.04 Å². The Kier molecular flexibility index (Phi) is 4.79. The Morgan fingerprint density at radius 3 is 2.36 bits per heavy atom. The Labute approximate surface area is 134 Å². The van der Waals surface area contributed by atoms with Crippen molar-refractivity contribution in [1.82, 2.24) is 4.90 Å². The van der Waals surface area contributed by atoms with E-state index in [2.05, 4.69) is 78.7 Å². The molecule has 2 nitrogen and oxygen atoms in total. The van der Waals surface area contributed by atoms with E-state index in [4.69, 9.17) is 0 Å².